The van der Waals surface area contributed by atoms with Gasteiger partial charge in [-0.1, -0.05) is 20.8 Å². The summed E-state index contributed by atoms with van der Waals surface area (Å²) in [7, 11) is 1.41. The second-order valence-electron chi connectivity index (χ2n) is 7.06. The highest BCUT2D eigenvalue weighted by molar-refractivity contribution is 5.97. The van der Waals surface area contributed by atoms with E-state index in [0.29, 0.717) is 5.92 Å². The summed E-state index contributed by atoms with van der Waals surface area (Å²) in [5.41, 5.74) is 0.259. The van der Waals surface area contributed by atoms with E-state index in [1.165, 1.54) is 14.0 Å². The minimum absolute atomic E-state index is 0.145. The summed E-state index contributed by atoms with van der Waals surface area (Å²) in [4.78, 5) is 34.8. The van der Waals surface area contributed by atoms with Gasteiger partial charge in [-0.2, -0.15) is 0 Å². The Labute approximate surface area is 132 Å². The van der Waals surface area contributed by atoms with Gasteiger partial charge in [-0.05, 0) is 43.9 Å². The van der Waals surface area contributed by atoms with Gasteiger partial charge in [-0.15, -0.1) is 0 Å². The number of ether oxygens (including phenoxy) is 1. The summed E-state index contributed by atoms with van der Waals surface area (Å²) in [6.07, 6.45) is 2.63. The van der Waals surface area contributed by atoms with E-state index in [0.717, 1.165) is 25.7 Å². The molecule has 1 rings (SSSR count). The van der Waals surface area contributed by atoms with Gasteiger partial charge in [0.2, 0.25) is 0 Å². The third kappa shape index (κ3) is 5.31. The molecule has 0 aromatic carbocycles. The molecule has 0 aromatic heterocycles. The first-order valence-corrected chi connectivity index (χ1v) is 7.88. The van der Waals surface area contributed by atoms with Crippen LogP contribution in [0, 0.1) is 17.3 Å². The summed E-state index contributed by atoms with van der Waals surface area (Å²) in [5, 5.41) is 4.37. The molecule has 3 amide bonds. The summed E-state index contributed by atoms with van der Waals surface area (Å²) < 4.78 is 5.19. The lowest BCUT2D eigenvalue weighted by Gasteiger charge is -2.36. The van der Waals surface area contributed by atoms with Gasteiger partial charge in [0.1, 0.15) is 0 Å². The van der Waals surface area contributed by atoms with Crippen molar-refractivity contribution >= 4 is 17.9 Å². The van der Waals surface area contributed by atoms with Crippen molar-refractivity contribution in [3.05, 3.63) is 0 Å². The van der Waals surface area contributed by atoms with Gasteiger partial charge in [0.25, 0.3) is 5.91 Å². The minimum atomic E-state index is -0.967. The molecule has 0 aromatic rings. The molecule has 0 heterocycles. The molecule has 1 atom stereocenters. The molecule has 126 valence electrons. The summed E-state index contributed by atoms with van der Waals surface area (Å²) in [5.74, 6) is -0.484. The lowest BCUT2D eigenvalue weighted by Crippen LogP contribution is -2.44. The highest BCUT2D eigenvalue weighted by atomic mass is 16.5. The molecule has 0 saturated heterocycles. The van der Waals surface area contributed by atoms with E-state index < -0.39 is 18.0 Å². The van der Waals surface area contributed by atoms with Crippen molar-refractivity contribution in [2.45, 2.75) is 59.5 Å². The van der Waals surface area contributed by atoms with E-state index in [2.05, 4.69) is 31.4 Å². The van der Waals surface area contributed by atoms with E-state index in [4.69, 9.17) is 4.74 Å². The summed E-state index contributed by atoms with van der Waals surface area (Å²) in [6, 6.07) is -0.612. The van der Waals surface area contributed by atoms with Crippen LogP contribution in [0.25, 0.3) is 0 Å². The zero-order valence-corrected chi connectivity index (χ0v) is 14.2. The zero-order chi connectivity index (χ0) is 16.9. The van der Waals surface area contributed by atoms with Crippen LogP contribution in [-0.2, 0) is 14.3 Å². The predicted octanol–water partition coefficient (Wildman–Crippen LogP) is 2.23. The van der Waals surface area contributed by atoms with Crippen molar-refractivity contribution in [2.24, 2.45) is 17.3 Å². The third-order valence-electron chi connectivity index (χ3n) is 4.41. The Kier molecular flexibility index (Phi) is 6.38. The van der Waals surface area contributed by atoms with Crippen LogP contribution in [0.3, 0.4) is 0 Å². The average molecular weight is 312 g/mol. The minimum Gasteiger partial charge on any atom is -0.452 e. The number of rotatable bonds is 3. The molecule has 1 aliphatic rings. The Morgan fingerprint density at radius 2 is 1.64 bits per heavy atom. The van der Waals surface area contributed by atoms with E-state index in [-0.39, 0.29) is 17.3 Å². The lowest BCUT2D eigenvalue weighted by atomic mass is 9.70. The molecule has 0 spiro atoms. The van der Waals surface area contributed by atoms with Crippen LogP contribution in [0.15, 0.2) is 0 Å². The van der Waals surface area contributed by atoms with Crippen LogP contribution in [0.2, 0.25) is 0 Å². The van der Waals surface area contributed by atoms with Crippen molar-refractivity contribution in [2.75, 3.05) is 7.05 Å². The molecular formula is C16H28N2O4. The standard InChI is InChI=1S/C16H28N2O4/c1-10(13(19)18-15(21)17-5)22-14(20)11-6-8-12(9-7-11)16(2,3)4/h10-12H,6-9H2,1-5H3,(H2,17,18,19,21). The molecule has 22 heavy (non-hydrogen) atoms. The maximum atomic E-state index is 12.1. The molecule has 2 N–H and O–H groups in total. The van der Waals surface area contributed by atoms with Crippen molar-refractivity contribution in [3.63, 3.8) is 0 Å². The van der Waals surface area contributed by atoms with Crippen LogP contribution < -0.4 is 10.6 Å². The Morgan fingerprint density at radius 3 is 2.09 bits per heavy atom. The molecule has 6 heteroatoms. The maximum Gasteiger partial charge on any atom is 0.321 e. The Morgan fingerprint density at radius 1 is 1.09 bits per heavy atom. The smallest absolute Gasteiger partial charge is 0.321 e. The molecule has 0 radical (unpaired) electrons. The maximum absolute atomic E-state index is 12.1. The SMILES string of the molecule is CNC(=O)NC(=O)C(C)OC(=O)C1CCC(C(C)(C)C)CC1. The van der Waals surface area contributed by atoms with E-state index in [9.17, 15) is 14.4 Å². The summed E-state index contributed by atoms with van der Waals surface area (Å²) >= 11 is 0. The molecule has 1 saturated carbocycles. The molecular weight excluding hydrogens is 284 g/mol. The van der Waals surface area contributed by atoms with Crippen molar-refractivity contribution < 1.29 is 19.1 Å². The number of hydrogen-bond donors (Lipinski definition) is 2. The molecule has 0 bridgehead atoms. The number of amides is 3. The number of urea groups is 1. The van der Waals surface area contributed by atoms with Gasteiger partial charge < -0.3 is 10.1 Å². The Balaban J connectivity index is 2.43. The van der Waals surface area contributed by atoms with Gasteiger partial charge in [-0.25, -0.2) is 4.79 Å². The van der Waals surface area contributed by atoms with Gasteiger partial charge in [0.05, 0.1) is 5.92 Å². The zero-order valence-electron chi connectivity index (χ0n) is 14.2. The number of carbonyl (C=O) groups excluding carboxylic acids is 3. The van der Waals surface area contributed by atoms with Crippen molar-refractivity contribution in [3.8, 4) is 0 Å². The highest BCUT2D eigenvalue weighted by Crippen LogP contribution is 2.40. The van der Waals surface area contributed by atoms with Crippen LogP contribution >= 0.6 is 0 Å². The number of hydrogen-bond acceptors (Lipinski definition) is 4. The van der Waals surface area contributed by atoms with Crippen LogP contribution in [0.1, 0.15) is 53.4 Å². The number of carbonyl (C=O) groups is 3. The molecule has 6 nitrogen and oxygen atoms in total. The monoisotopic (exact) mass is 312 g/mol. The first-order chi connectivity index (χ1) is 10.1. The van der Waals surface area contributed by atoms with E-state index in [1.807, 2.05) is 0 Å². The molecule has 1 unspecified atom stereocenters. The topological polar surface area (TPSA) is 84.5 Å². The number of nitrogens with one attached hydrogen (secondary N) is 2. The molecule has 1 fully saturated rings. The second-order valence-corrected chi connectivity index (χ2v) is 7.06. The fourth-order valence-electron chi connectivity index (χ4n) is 2.80. The molecule has 1 aliphatic carbocycles. The lowest BCUT2D eigenvalue weighted by molar-refractivity contribution is -0.160. The number of imide groups is 1. The fourth-order valence-corrected chi connectivity index (χ4v) is 2.80. The molecule has 0 aliphatic heterocycles. The van der Waals surface area contributed by atoms with E-state index >= 15 is 0 Å². The quantitative estimate of drug-likeness (QED) is 0.783. The first-order valence-electron chi connectivity index (χ1n) is 7.88. The Hall–Kier alpha value is -1.59. The second kappa shape index (κ2) is 7.61. The number of esters is 1. The van der Waals surface area contributed by atoms with Crippen LogP contribution in [-0.4, -0.2) is 31.1 Å². The predicted molar refractivity (Wildman–Crippen MR) is 83.1 cm³/mol. The largest absolute Gasteiger partial charge is 0.452 e. The van der Waals surface area contributed by atoms with Gasteiger partial charge in [-0.3, -0.25) is 14.9 Å². The Bertz CT molecular complexity index is 420. The van der Waals surface area contributed by atoms with Crippen LogP contribution in [0.4, 0.5) is 4.79 Å². The van der Waals surface area contributed by atoms with Gasteiger partial charge >= 0.3 is 12.0 Å². The fraction of sp³-hybridized carbons (Fsp3) is 0.812. The average Bonchev–Trinajstić information content (AvgIpc) is 2.46. The van der Waals surface area contributed by atoms with Crippen molar-refractivity contribution in [1.29, 1.82) is 0 Å². The van der Waals surface area contributed by atoms with Gasteiger partial charge in [0, 0.05) is 7.05 Å². The summed E-state index contributed by atoms with van der Waals surface area (Å²) in [6.45, 7) is 8.14. The van der Waals surface area contributed by atoms with Crippen LogP contribution in [0.5, 0.6) is 0 Å². The van der Waals surface area contributed by atoms with Gasteiger partial charge in [0.15, 0.2) is 6.10 Å². The normalized spacial score (nSPS) is 23.3. The highest BCUT2D eigenvalue weighted by Gasteiger charge is 2.34. The third-order valence-corrected chi connectivity index (χ3v) is 4.41. The first kappa shape index (κ1) is 18.5. The van der Waals surface area contributed by atoms with Crippen molar-refractivity contribution in [1.82, 2.24) is 10.6 Å². The van der Waals surface area contributed by atoms with E-state index in [1.54, 1.807) is 0 Å².